The summed E-state index contributed by atoms with van der Waals surface area (Å²) in [5.74, 6) is -4.92. The Hall–Kier alpha value is -3.00. The predicted molar refractivity (Wildman–Crippen MR) is 88.6 cm³/mol. The molecule has 0 fully saturated rings. The lowest BCUT2D eigenvalue weighted by Crippen LogP contribution is -2.08. The zero-order valence-electron chi connectivity index (χ0n) is 13.3. The van der Waals surface area contributed by atoms with Crippen molar-refractivity contribution in [3.05, 3.63) is 57.9 Å². The number of aromatic nitrogens is 2. The minimum Gasteiger partial charge on any atom is -0.481 e. The van der Waals surface area contributed by atoms with Gasteiger partial charge >= 0.3 is 11.9 Å². The monoisotopic (exact) mass is 380 g/mol. The first-order chi connectivity index (χ1) is 12.2. The molecule has 0 aliphatic rings. The average molecular weight is 381 g/mol. The average Bonchev–Trinajstić information content (AvgIpc) is 2.87. The molecule has 1 aromatic carbocycles. The van der Waals surface area contributed by atoms with E-state index in [2.05, 4.69) is 4.98 Å². The molecule has 0 atom stereocenters. The Morgan fingerprint density at radius 3 is 2.58 bits per heavy atom. The number of rotatable bonds is 4. The van der Waals surface area contributed by atoms with Crippen molar-refractivity contribution in [3.63, 3.8) is 0 Å². The molecule has 2 aromatic heterocycles. The number of benzene rings is 1. The zero-order valence-corrected chi connectivity index (χ0v) is 14.0. The Morgan fingerprint density at radius 1 is 1.27 bits per heavy atom. The molecule has 0 saturated carbocycles. The van der Waals surface area contributed by atoms with E-state index in [0.717, 1.165) is 0 Å². The van der Waals surface area contributed by atoms with Gasteiger partial charge in [0.05, 0.1) is 23.4 Å². The fourth-order valence-electron chi connectivity index (χ4n) is 2.78. The Bertz CT molecular complexity index is 1080. The molecule has 0 amide bonds. The van der Waals surface area contributed by atoms with E-state index in [-0.39, 0.29) is 28.2 Å². The SMILES string of the molecule is Cc1c(F)c(C(=O)O)cc(F)c1-c1nc2cc(Cl)ccn2c1CC(=O)O. The zero-order chi connectivity index (χ0) is 19.2. The second-order valence-corrected chi connectivity index (χ2v) is 6.01. The number of halogens is 3. The summed E-state index contributed by atoms with van der Waals surface area (Å²) in [7, 11) is 0. The molecule has 3 aromatic rings. The molecule has 0 aliphatic heterocycles. The molecule has 0 radical (unpaired) electrons. The summed E-state index contributed by atoms with van der Waals surface area (Å²) in [4.78, 5) is 26.5. The first kappa shape index (κ1) is 17.8. The maximum Gasteiger partial charge on any atom is 0.338 e. The van der Waals surface area contributed by atoms with Crippen LogP contribution in [0.1, 0.15) is 21.6 Å². The van der Waals surface area contributed by atoms with Crippen LogP contribution in [0, 0.1) is 18.6 Å². The number of pyridine rings is 1. The summed E-state index contributed by atoms with van der Waals surface area (Å²) in [6.45, 7) is 1.21. The van der Waals surface area contributed by atoms with Crippen molar-refractivity contribution in [2.75, 3.05) is 0 Å². The number of carboxylic acids is 2. The summed E-state index contributed by atoms with van der Waals surface area (Å²) in [5.41, 5.74) is -1.08. The van der Waals surface area contributed by atoms with Gasteiger partial charge in [0.1, 0.15) is 17.3 Å². The van der Waals surface area contributed by atoms with Crippen LogP contribution in [-0.2, 0) is 11.2 Å². The van der Waals surface area contributed by atoms with E-state index in [0.29, 0.717) is 11.1 Å². The van der Waals surface area contributed by atoms with Gasteiger partial charge in [-0.25, -0.2) is 18.6 Å². The highest BCUT2D eigenvalue weighted by Crippen LogP contribution is 2.33. The molecule has 0 aliphatic carbocycles. The van der Waals surface area contributed by atoms with Gasteiger partial charge in [-0.1, -0.05) is 11.6 Å². The normalized spacial score (nSPS) is 11.1. The third-order valence-corrected chi connectivity index (χ3v) is 4.16. The van der Waals surface area contributed by atoms with Crippen molar-refractivity contribution in [2.24, 2.45) is 0 Å². The van der Waals surface area contributed by atoms with Crippen LogP contribution >= 0.6 is 11.6 Å². The van der Waals surface area contributed by atoms with Crippen LogP contribution < -0.4 is 0 Å². The van der Waals surface area contributed by atoms with E-state index in [1.54, 1.807) is 0 Å². The topological polar surface area (TPSA) is 91.9 Å². The molecule has 2 heterocycles. The largest absolute Gasteiger partial charge is 0.481 e. The molecule has 0 unspecified atom stereocenters. The Balaban J connectivity index is 2.37. The molecule has 6 nitrogen and oxygen atoms in total. The third kappa shape index (κ3) is 2.88. The van der Waals surface area contributed by atoms with Gasteiger partial charge in [-0.05, 0) is 24.6 Å². The molecule has 2 N–H and O–H groups in total. The van der Waals surface area contributed by atoms with Crippen LogP contribution in [0.25, 0.3) is 16.9 Å². The molecule has 9 heteroatoms. The molecule has 134 valence electrons. The lowest BCUT2D eigenvalue weighted by Gasteiger charge is -2.10. The highest BCUT2D eigenvalue weighted by Gasteiger charge is 2.25. The Labute approximate surface area is 150 Å². The van der Waals surface area contributed by atoms with Crippen molar-refractivity contribution >= 4 is 29.2 Å². The maximum absolute atomic E-state index is 14.6. The number of hydrogen-bond donors (Lipinski definition) is 2. The van der Waals surface area contributed by atoms with Crippen LogP contribution in [0.15, 0.2) is 24.4 Å². The first-order valence-electron chi connectivity index (χ1n) is 7.31. The van der Waals surface area contributed by atoms with Crippen molar-refractivity contribution in [3.8, 4) is 11.3 Å². The lowest BCUT2D eigenvalue weighted by atomic mass is 9.98. The smallest absolute Gasteiger partial charge is 0.338 e. The van der Waals surface area contributed by atoms with Gasteiger partial charge in [-0.15, -0.1) is 0 Å². The third-order valence-electron chi connectivity index (χ3n) is 3.92. The van der Waals surface area contributed by atoms with Crippen LogP contribution in [0.4, 0.5) is 8.78 Å². The molecule has 0 spiro atoms. The van der Waals surface area contributed by atoms with E-state index in [1.165, 1.54) is 29.7 Å². The summed E-state index contributed by atoms with van der Waals surface area (Å²) < 4.78 is 30.4. The molecule has 26 heavy (non-hydrogen) atoms. The second kappa shape index (κ2) is 6.38. The van der Waals surface area contributed by atoms with E-state index in [9.17, 15) is 18.4 Å². The quantitative estimate of drug-likeness (QED) is 0.722. The van der Waals surface area contributed by atoms with Gasteiger partial charge in [-0.3, -0.25) is 4.79 Å². The van der Waals surface area contributed by atoms with Gasteiger partial charge in [0.25, 0.3) is 0 Å². The molecule has 3 rings (SSSR count). The highest BCUT2D eigenvalue weighted by molar-refractivity contribution is 6.30. The summed E-state index contributed by atoms with van der Waals surface area (Å²) in [6.07, 6.45) is 0.973. The van der Waals surface area contributed by atoms with Gasteiger partial charge in [0.15, 0.2) is 0 Å². The van der Waals surface area contributed by atoms with E-state index in [4.69, 9.17) is 21.8 Å². The van der Waals surface area contributed by atoms with E-state index < -0.39 is 35.6 Å². The van der Waals surface area contributed by atoms with Crippen LogP contribution in [-0.4, -0.2) is 31.5 Å². The highest BCUT2D eigenvalue weighted by atomic mass is 35.5. The number of aliphatic carboxylic acids is 1. The number of aromatic carboxylic acids is 1. The van der Waals surface area contributed by atoms with Crippen molar-refractivity contribution in [1.29, 1.82) is 0 Å². The van der Waals surface area contributed by atoms with Crippen molar-refractivity contribution < 1.29 is 28.6 Å². The van der Waals surface area contributed by atoms with Crippen LogP contribution in [0.5, 0.6) is 0 Å². The number of carbonyl (C=O) groups is 2. The minimum atomic E-state index is -1.61. The molecule has 0 bridgehead atoms. The number of carboxylic acid groups (broad SMARTS) is 2. The van der Waals surface area contributed by atoms with Crippen molar-refractivity contribution in [1.82, 2.24) is 9.38 Å². The predicted octanol–water partition coefficient (Wildman–Crippen LogP) is 3.57. The summed E-state index contributed by atoms with van der Waals surface area (Å²) in [5, 5.41) is 18.5. The van der Waals surface area contributed by atoms with Gasteiger partial charge < -0.3 is 14.6 Å². The maximum atomic E-state index is 14.6. The van der Waals surface area contributed by atoms with E-state index >= 15 is 0 Å². The first-order valence-corrected chi connectivity index (χ1v) is 7.69. The van der Waals surface area contributed by atoms with E-state index in [1.807, 2.05) is 0 Å². The molecular weight excluding hydrogens is 370 g/mol. The van der Waals surface area contributed by atoms with Gasteiger partial charge in [0.2, 0.25) is 0 Å². The minimum absolute atomic E-state index is 0.0829. The van der Waals surface area contributed by atoms with Gasteiger partial charge in [0, 0.05) is 22.8 Å². The Kier molecular flexibility index (Phi) is 4.37. The fraction of sp³-hybridized carbons (Fsp3) is 0.118. The summed E-state index contributed by atoms with van der Waals surface area (Å²) in [6, 6.07) is 3.51. The fourth-order valence-corrected chi connectivity index (χ4v) is 2.94. The number of imidazole rings is 1. The Morgan fingerprint density at radius 2 is 1.96 bits per heavy atom. The number of nitrogens with zero attached hydrogens (tertiary/aromatic N) is 2. The van der Waals surface area contributed by atoms with Crippen LogP contribution in [0.2, 0.25) is 5.02 Å². The lowest BCUT2D eigenvalue weighted by molar-refractivity contribution is -0.136. The second-order valence-electron chi connectivity index (χ2n) is 5.58. The number of hydrogen-bond acceptors (Lipinski definition) is 3. The number of fused-ring (bicyclic) bond motifs is 1. The summed E-state index contributed by atoms with van der Waals surface area (Å²) >= 11 is 5.91. The van der Waals surface area contributed by atoms with Crippen LogP contribution in [0.3, 0.4) is 0 Å². The van der Waals surface area contributed by atoms with Gasteiger partial charge in [-0.2, -0.15) is 0 Å². The molecular formula is C17H11ClF2N2O4. The van der Waals surface area contributed by atoms with Crippen molar-refractivity contribution in [2.45, 2.75) is 13.3 Å². The standard InChI is InChI=1S/C17H11ClF2N2O4/c1-7-14(10(19)5-9(15(7)20)17(25)26)16-11(6-13(23)24)22-3-2-8(18)4-12(22)21-16/h2-5H,6H2,1H3,(H,23,24)(H,25,26). The molecule has 0 saturated heterocycles.